The molecule has 2 aliphatic heterocycles. The first-order chi connectivity index (χ1) is 11.6. The van der Waals surface area contributed by atoms with Crippen LogP contribution in [0.2, 0.25) is 0 Å². The van der Waals surface area contributed by atoms with Gasteiger partial charge in [0.05, 0.1) is 25.7 Å². The summed E-state index contributed by atoms with van der Waals surface area (Å²) in [6.07, 6.45) is 0.404. The number of amides is 3. The van der Waals surface area contributed by atoms with E-state index >= 15 is 0 Å². The van der Waals surface area contributed by atoms with E-state index in [1.807, 2.05) is 25.1 Å². The smallest absolute Gasteiger partial charge is 0.315 e. The Labute approximate surface area is 141 Å². The second-order valence-electron chi connectivity index (χ2n) is 6.22. The lowest BCUT2D eigenvalue weighted by Crippen LogP contribution is -2.44. The first kappa shape index (κ1) is 16.7. The summed E-state index contributed by atoms with van der Waals surface area (Å²) in [5, 5.41) is 8.64. The lowest BCUT2D eigenvalue weighted by atomic mass is 10.0. The lowest BCUT2D eigenvalue weighted by Gasteiger charge is -2.26. The van der Waals surface area contributed by atoms with Gasteiger partial charge in [-0.15, -0.1) is 0 Å². The van der Waals surface area contributed by atoms with Crippen molar-refractivity contribution in [1.29, 1.82) is 0 Å². The molecule has 0 saturated carbocycles. The Morgan fingerprint density at radius 3 is 2.96 bits per heavy atom. The Bertz CT molecular complexity index is 614. The molecule has 3 N–H and O–H groups in total. The first-order valence-electron chi connectivity index (χ1n) is 8.39. The van der Waals surface area contributed by atoms with Gasteiger partial charge in [-0.3, -0.25) is 9.69 Å². The zero-order valence-corrected chi connectivity index (χ0v) is 13.9. The summed E-state index contributed by atoms with van der Waals surface area (Å²) in [5.74, 6) is 0.0172. The molecule has 0 spiro atoms. The van der Waals surface area contributed by atoms with Crippen molar-refractivity contribution in [3.05, 3.63) is 29.3 Å². The largest absolute Gasteiger partial charge is 0.379 e. The van der Waals surface area contributed by atoms with Gasteiger partial charge in [0.1, 0.15) is 0 Å². The van der Waals surface area contributed by atoms with Crippen LogP contribution >= 0.6 is 0 Å². The van der Waals surface area contributed by atoms with Crippen LogP contribution in [0.1, 0.15) is 24.1 Å². The number of hydrogen-bond acceptors (Lipinski definition) is 4. The molecule has 1 atom stereocenters. The van der Waals surface area contributed by atoms with Crippen LogP contribution in [-0.2, 0) is 16.0 Å². The quantitative estimate of drug-likeness (QED) is 0.747. The van der Waals surface area contributed by atoms with Gasteiger partial charge < -0.3 is 20.7 Å². The summed E-state index contributed by atoms with van der Waals surface area (Å²) in [6, 6.07) is 5.51. The molecule has 1 aromatic rings. The number of nitrogens with zero attached hydrogens (tertiary/aromatic N) is 1. The highest BCUT2D eigenvalue weighted by atomic mass is 16.5. The number of carbonyl (C=O) groups is 2. The maximum absolute atomic E-state index is 12.0. The zero-order valence-electron chi connectivity index (χ0n) is 13.9. The Morgan fingerprint density at radius 2 is 2.17 bits per heavy atom. The van der Waals surface area contributed by atoms with Gasteiger partial charge in [0.25, 0.3) is 0 Å². The molecule has 130 valence electrons. The molecule has 3 amide bonds. The lowest BCUT2D eigenvalue weighted by molar-refractivity contribution is -0.115. The van der Waals surface area contributed by atoms with Crippen molar-refractivity contribution >= 4 is 17.6 Å². The monoisotopic (exact) mass is 332 g/mol. The fourth-order valence-corrected chi connectivity index (χ4v) is 3.00. The summed E-state index contributed by atoms with van der Waals surface area (Å²) in [6.45, 7) is 6.74. The number of benzene rings is 1. The van der Waals surface area contributed by atoms with Crippen LogP contribution in [0.15, 0.2) is 18.2 Å². The molecule has 0 aliphatic carbocycles. The van der Waals surface area contributed by atoms with E-state index in [0.717, 1.165) is 49.7 Å². The minimum Gasteiger partial charge on any atom is -0.379 e. The molecule has 1 fully saturated rings. The molecule has 7 heteroatoms. The number of urea groups is 1. The van der Waals surface area contributed by atoms with Crippen molar-refractivity contribution in [3.8, 4) is 0 Å². The Kier molecular flexibility index (Phi) is 5.32. The minimum atomic E-state index is -0.176. The van der Waals surface area contributed by atoms with Crippen molar-refractivity contribution < 1.29 is 14.3 Å². The Balaban J connectivity index is 1.44. The molecule has 0 bridgehead atoms. The van der Waals surface area contributed by atoms with E-state index in [1.54, 1.807) is 0 Å². The topological polar surface area (TPSA) is 82.7 Å². The van der Waals surface area contributed by atoms with Crippen LogP contribution in [0.4, 0.5) is 10.5 Å². The van der Waals surface area contributed by atoms with Crippen molar-refractivity contribution in [1.82, 2.24) is 15.5 Å². The van der Waals surface area contributed by atoms with Gasteiger partial charge in [0.2, 0.25) is 5.91 Å². The summed E-state index contributed by atoms with van der Waals surface area (Å²) < 4.78 is 5.30. The van der Waals surface area contributed by atoms with Gasteiger partial charge in [0, 0.05) is 31.9 Å². The van der Waals surface area contributed by atoms with E-state index in [9.17, 15) is 9.59 Å². The molecule has 0 aromatic heterocycles. The van der Waals surface area contributed by atoms with Crippen LogP contribution < -0.4 is 16.0 Å². The van der Waals surface area contributed by atoms with Crippen LogP contribution in [-0.4, -0.2) is 56.2 Å². The second-order valence-corrected chi connectivity index (χ2v) is 6.22. The molecule has 7 nitrogen and oxygen atoms in total. The Morgan fingerprint density at radius 1 is 1.38 bits per heavy atom. The number of morpholine rings is 1. The summed E-state index contributed by atoms with van der Waals surface area (Å²) in [7, 11) is 0. The van der Waals surface area contributed by atoms with Crippen LogP contribution in [0.5, 0.6) is 0 Å². The summed E-state index contributed by atoms with van der Waals surface area (Å²) in [4.78, 5) is 25.7. The number of ether oxygens (including phenoxy) is 1. The molecule has 1 unspecified atom stereocenters. The number of fused-ring (bicyclic) bond motifs is 1. The molecule has 0 radical (unpaired) electrons. The fourth-order valence-electron chi connectivity index (χ4n) is 3.00. The Hall–Kier alpha value is -2.12. The average Bonchev–Trinajstić information content (AvgIpc) is 2.94. The van der Waals surface area contributed by atoms with Crippen LogP contribution in [0, 0.1) is 0 Å². The van der Waals surface area contributed by atoms with Crippen LogP contribution in [0.25, 0.3) is 0 Å². The van der Waals surface area contributed by atoms with Crippen molar-refractivity contribution in [2.24, 2.45) is 0 Å². The third-order valence-corrected chi connectivity index (χ3v) is 4.42. The molecule has 1 aromatic carbocycles. The highest BCUT2D eigenvalue weighted by molar-refractivity contribution is 5.99. The van der Waals surface area contributed by atoms with E-state index in [0.29, 0.717) is 13.0 Å². The van der Waals surface area contributed by atoms with Crippen molar-refractivity contribution in [3.63, 3.8) is 0 Å². The normalized spacial score (nSPS) is 18.6. The standard InChI is InChI=1S/C17H24N4O3/c1-12(13-2-3-15-14(10-13)11-16(22)20-15)19-17(23)18-4-5-21-6-8-24-9-7-21/h2-3,10,12H,4-9,11H2,1H3,(H,20,22)(H2,18,19,23). The molecule has 24 heavy (non-hydrogen) atoms. The average molecular weight is 332 g/mol. The SMILES string of the molecule is CC(NC(=O)NCCN1CCOCC1)c1ccc2c(c1)CC(=O)N2. The first-order valence-corrected chi connectivity index (χ1v) is 8.39. The molecule has 1 saturated heterocycles. The van der Waals surface area contributed by atoms with Gasteiger partial charge in [-0.25, -0.2) is 4.79 Å². The van der Waals surface area contributed by atoms with Gasteiger partial charge in [-0.05, 0) is 24.1 Å². The third-order valence-electron chi connectivity index (χ3n) is 4.42. The van der Waals surface area contributed by atoms with Gasteiger partial charge >= 0.3 is 6.03 Å². The van der Waals surface area contributed by atoms with Crippen LogP contribution in [0.3, 0.4) is 0 Å². The highest BCUT2D eigenvalue weighted by Crippen LogP contribution is 2.26. The minimum absolute atomic E-state index is 0.0172. The van der Waals surface area contributed by atoms with Gasteiger partial charge in [-0.1, -0.05) is 12.1 Å². The third kappa shape index (κ3) is 4.24. The molecule has 2 heterocycles. The molecule has 2 aliphatic rings. The predicted molar refractivity (Wildman–Crippen MR) is 91.0 cm³/mol. The number of carbonyl (C=O) groups excluding carboxylic acids is 2. The van der Waals surface area contributed by atoms with E-state index in [-0.39, 0.29) is 18.0 Å². The van der Waals surface area contributed by atoms with Gasteiger partial charge in [0.15, 0.2) is 0 Å². The number of hydrogen-bond donors (Lipinski definition) is 3. The van der Waals surface area contributed by atoms with Crippen molar-refractivity contribution in [2.75, 3.05) is 44.7 Å². The van der Waals surface area contributed by atoms with Crippen molar-refractivity contribution in [2.45, 2.75) is 19.4 Å². The predicted octanol–water partition coefficient (Wildman–Crippen LogP) is 0.874. The summed E-state index contributed by atoms with van der Waals surface area (Å²) in [5.41, 5.74) is 2.85. The van der Waals surface area contributed by atoms with E-state index in [2.05, 4.69) is 20.9 Å². The van der Waals surface area contributed by atoms with E-state index in [4.69, 9.17) is 4.74 Å². The fraction of sp³-hybridized carbons (Fsp3) is 0.529. The molecule has 3 rings (SSSR count). The number of rotatable bonds is 5. The number of anilines is 1. The maximum atomic E-state index is 12.0. The van der Waals surface area contributed by atoms with Gasteiger partial charge in [-0.2, -0.15) is 0 Å². The molecular weight excluding hydrogens is 308 g/mol. The molecular formula is C17H24N4O3. The second kappa shape index (κ2) is 7.63. The van der Waals surface area contributed by atoms with E-state index in [1.165, 1.54) is 0 Å². The zero-order chi connectivity index (χ0) is 16.9. The summed E-state index contributed by atoms with van der Waals surface area (Å²) >= 11 is 0. The highest BCUT2D eigenvalue weighted by Gasteiger charge is 2.19. The maximum Gasteiger partial charge on any atom is 0.315 e. The van der Waals surface area contributed by atoms with E-state index < -0.39 is 0 Å². The number of nitrogens with one attached hydrogen (secondary N) is 3.